The van der Waals surface area contributed by atoms with Gasteiger partial charge in [0.05, 0.1) is 5.56 Å². The number of rotatable bonds is 5. The van der Waals surface area contributed by atoms with Crippen LogP contribution >= 0.6 is 0 Å². The second-order valence-corrected chi connectivity index (χ2v) is 6.53. The Kier molecular flexibility index (Phi) is 6.10. The molecule has 0 spiro atoms. The monoisotopic (exact) mass is 318 g/mol. The van der Waals surface area contributed by atoms with Crippen molar-refractivity contribution in [2.45, 2.75) is 26.3 Å². The highest BCUT2D eigenvalue weighted by atomic mass is 16.2. The fraction of sp³-hybridized carbons (Fsp3) is 0.588. The number of amides is 2. The molecule has 0 saturated carbocycles. The first-order valence-corrected chi connectivity index (χ1v) is 8.15. The van der Waals surface area contributed by atoms with E-state index in [0.717, 1.165) is 13.1 Å². The summed E-state index contributed by atoms with van der Waals surface area (Å²) in [6.07, 6.45) is 3.77. The fourth-order valence-electron chi connectivity index (χ4n) is 2.68. The van der Waals surface area contributed by atoms with E-state index in [9.17, 15) is 9.59 Å². The number of hydrogen-bond donors (Lipinski definition) is 1. The van der Waals surface area contributed by atoms with E-state index in [1.54, 1.807) is 18.3 Å². The highest BCUT2D eigenvalue weighted by Gasteiger charge is 2.28. The molecule has 0 unspecified atom stereocenters. The molecule has 1 N–H and O–H groups in total. The molecule has 2 rings (SSSR count). The minimum Gasteiger partial charge on any atom is -0.340 e. The fourth-order valence-corrected chi connectivity index (χ4v) is 2.68. The predicted molar refractivity (Wildman–Crippen MR) is 89.0 cm³/mol. The van der Waals surface area contributed by atoms with Gasteiger partial charge < -0.3 is 15.1 Å². The van der Waals surface area contributed by atoms with Gasteiger partial charge in [0.1, 0.15) is 6.04 Å². The van der Waals surface area contributed by atoms with Crippen LogP contribution in [0.25, 0.3) is 0 Å². The maximum absolute atomic E-state index is 12.8. The molecule has 23 heavy (non-hydrogen) atoms. The van der Waals surface area contributed by atoms with Crippen LogP contribution in [0.1, 0.15) is 30.6 Å². The Bertz CT molecular complexity index is 525. The van der Waals surface area contributed by atoms with Crippen molar-refractivity contribution >= 4 is 11.8 Å². The third kappa shape index (κ3) is 5.03. The number of carbonyl (C=O) groups is 2. The van der Waals surface area contributed by atoms with E-state index in [-0.39, 0.29) is 11.8 Å². The number of hydrogen-bond acceptors (Lipinski definition) is 4. The second kappa shape index (κ2) is 8.06. The highest BCUT2D eigenvalue weighted by Crippen LogP contribution is 2.11. The zero-order chi connectivity index (χ0) is 16.8. The summed E-state index contributed by atoms with van der Waals surface area (Å²) in [5, 5.41) is 2.89. The number of nitrogens with one attached hydrogen (secondary N) is 1. The first-order chi connectivity index (χ1) is 11.0. The van der Waals surface area contributed by atoms with E-state index in [2.05, 4.69) is 36.1 Å². The van der Waals surface area contributed by atoms with Crippen LogP contribution in [-0.4, -0.2) is 65.9 Å². The van der Waals surface area contributed by atoms with Gasteiger partial charge in [-0.05, 0) is 31.5 Å². The minimum atomic E-state index is -0.480. The molecule has 6 heteroatoms. The summed E-state index contributed by atoms with van der Waals surface area (Å²) in [5.74, 6) is 0.0980. The standard InChI is InChI=1S/C17H26N4O2/c1-13(2)11-15(17(23)21-9-7-20(3)8-10-21)19-16(22)14-5-4-6-18-12-14/h4-6,12-13,15H,7-11H2,1-3H3,(H,19,22)/t15-/m1/s1. The lowest BCUT2D eigenvalue weighted by atomic mass is 10.0. The molecule has 1 aliphatic rings. The molecule has 2 heterocycles. The largest absolute Gasteiger partial charge is 0.340 e. The summed E-state index contributed by atoms with van der Waals surface area (Å²) in [7, 11) is 2.05. The average molecular weight is 318 g/mol. The highest BCUT2D eigenvalue weighted by molar-refractivity contribution is 5.97. The molecular weight excluding hydrogens is 292 g/mol. The Morgan fingerprint density at radius 3 is 2.52 bits per heavy atom. The van der Waals surface area contributed by atoms with Gasteiger partial charge in [-0.25, -0.2) is 0 Å². The van der Waals surface area contributed by atoms with Gasteiger partial charge in [0.15, 0.2) is 0 Å². The van der Waals surface area contributed by atoms with Crippen LogP contribution in [0.3, 0.4) is 0 Å². The van der Waals surface area contributed by atoms with Crippen LogP contribution in [0.4, 0.5) is 0 Å². The molecule has 1 aliphatic heterocycles. The molecule has 1 fully saturated rings. The number of pyridine rings is 1. The third-order valence-electron chi connectivity index (χ3n) is 4.05. The van der Waals surface area contributed by atoms with Crippen molar-refractivity contribution in [1.82, 2.24) is 20.1 Å². The van der Waals surface area contributed by atoms with Gasteiger partial charge in [-0.1, -0.05) is 13.8 Å². The zero-order valence-electron chi connectivity index (χ0n) is 14.2. The summed E-state index contributed by atoms with van der Waals surface area (Å²) in [5.41, 5.74) is 0.479. The average Bonchev–Trinajstić information content (AvgIpc) is 2.54. The Morgan fingerprint density at radius 1 is 1.26 bits per heavy atom. The molecule has 1 saturated heterocycles. The normalized spacial score (nSPS) is 17.1. The summed E-state index contributed by atoms with van der Waals surface area (Å²) in [6.45, 7) is 7.29. The summed E-state index contributed by atoms with van der Waals surface area (Å²) in [4.78, 5) is 33.1. The maximum atomic E-state index is 12.8. The molecule has 1 aromatic rings. The molecule has 2 amide bonds. The topological polar surface area (TPSA) is 65.5 Å². The number of carbonyl (C=O) groups excluding carboxylic acids is 2. The van der Waals surface area contributed by atoms with Crippen molar-refractivity contribution < 1.29 is 9.59 Å². The van der Waals surface area contributed by atoms with Gasteiger partial charge in [0.25, 0.3) is 5.91 Å². The summed E-state index contributed by atoms with van der Waals surface area (Å²) < 4.78 is 0. The Morgan fingerprint density at radius 2 is 1.96 bits per heavy atom. The molecule has 6 nitrogen and oxygen atoms in total. The van der Waals surface area contributed by atoms with Crippen LogP contribution < -0.4 is 5.32 Å². The van der Waals surface area contributed by atoms with Gasteiger partial charge in [0.2, 0.25) is 5.91 Å². The van der Waals surface area contributed by atoms with Crippen LogP contribution in [0, 0.1) is 5.92 Å². The Labute approximate surface area is 137 Å². The van der Waals surface area contributed by atoms with E-state index in [4.69, 9.17) is 0 Å². The van der Waals surface area contributed by atoms with Crippen LogP contribution in [0.5, 0.6) is 0 Å². The molecule has 0 radical (unpaired) electrons. The van der Waals surface area contributed by atoms with E-state index in [1.807, 2.05) is 4.90 Å². The van der Waals surface area contributed by atoms with Gasteiger partial charge in [0, 0.05) is 38.6 Å². The quantitative estimate of drug-likeness (QED) is 0.880. The second-order valence-electron chi connectivity index (χ2n) is 6.53. The van der Waals surface area contributed by atoms with Crippen molar-refractivity contribution in [3.05, 3.63) is 30.1 Å². The van der Waals surface area contributed by atoms with Crippen LogP contribution in [0.2, 0.25) is 0 Å². The summed E-state index contributed by atoms with van der Waals surface area (Å²) in [6, 6.07) is 2.94. The Balaban J connectivity index is 2.04. The molecule has 1 atom stereocenters. The first-order valence-electron chi connectivity index (χ1n) is 8.15. The van der Waals surface area contributed by atoms with Crippen molar-refractivity contribution in [3.8, 4) is 0 Å². The predicted octanol–water partition coefficient (Wildman–Crippen LogP) is 1.00. The molecular formula is C17H26N4O2. The molecule has 0 aromatic carbocycles. The first kappa shape index (κ1) is 17.4. The molecule has 0 aliphatic carbocycles. The van der Waals surface area contributed by atoms with E-state index in [1.165, 1.54) is 6.20 Å². The summed E-state index contributed by atoms with van der Waals surface area (Å²) >= 11 is 0. The number of nitrogens with zero attached hydrogens (tertiary/aromatic N) is 3. The molecule has 0 bridgehead atoms. The van der Waals surface area contributed by atoms with Gasteiger partial charge in [-0.15, -0.1) is 0 Å². The van der Waals surface area contributed by atoms with Crippen molar-refractivity contribution in [2.24, 2.45) is 5.92 Å². The lowest BCUT2D eigenvalue weighted by Crippen LogP contribution is -2.54. The van der Waals surface area contributed by atoms with Crippen LogP contribution in [-0.2, 0) is 4.79 Å². The van der Waals surface area contributed by atoms with E-state index >= 15 is 0 Å². The minimum absolute atomic E-state index is 0.0176. The van der Waals surface area contributed by atoms with Crippen molar-refractivity contribution in [2.75, 3.05) is 33.2 Å². The van der Waals surface area contributed by atoms with Gasteiger partial charge in [-0.3, -0.25) is 14.6 Å². The van der Waals surface area contributed by atoms with E-state index < -0.39 is 6.04 Å². The molecule has 1 aromatic heterocycles. The van der Waals surface area contributed by atoms with Gasteiger partial charge >= 0.3 is 0 Å². The lowest BCUT2D eigenvalue weighted by Gasteiger charge is -2.35. The SMILES string of the molecule is CC(C)C[C@@H](NC(=O)c1cccnc1)C(=O)N1CCN(C)CC1. The number of likely N-dealkylation sites (N-methyl/N-ethyl adjacent to an activating group) is 1. The Hall–Kier alpha value is -1.95. The molecule has 126 valence electrons. The van der Waals surface area contributed by atoms with Crippen molar-refractivity contribution in [1.29, 1.82) is 0 Å². The number of piperazine rings is 1. The zero-order valence-corrected chi connectivity index (χ0v) is 14.2. The smallest absolute Gasteiger partial charge is 0.253 e. The van der Waals surface area contributed by atoms with Crippen molar-refractivity contribution in [3.63, 3.8) is 0 Å². The van der Waals surface area contributed by atoms with Crippen LogP contribution in [0.15, 0.2) is 24.5 Å². The number of aromatic nitrogens is 1. The third-order valence-corrected chi connectivity index (χ3v) is 4.05. The van der Waals surface area contributed by atoms with E-state index in [0.29, 0.717) is 31.0 Å². The maximum Gasteiger partial charge on any atom is 0.253 e. The van der Waals surface area contributed by atoms with Gasteiger partial charge in [-0.2, -0.15) is 0 Å². The lowest BCUT2D eigenvalue weighted by molar-refractivity contribution is -0.135.